The molecule has 0 amide bonds. The number of fused-ring (bicyclic) bond motifs is 1. The molecule has 0 saturated carbocycles. The van der Waals surface area contributed by atoms with Crippen LogP contribution < -0.4 is 9.64 Å². The summed E-state index contributed by atoms with van der Waals surface area (Å²) in [5.41, 5.74) is 4.21. The fraction of sp³-hybridized carbons (Fsp3) is 0.286. The first-order valence-electron chi connectivity index (χ1n) is 8.41. The van der Waals surface area contributed by atoms with Gasteiger partial charge in [-0.05, 0) is 62.2 Å². The average molecular weight is 390 g/mol. The van der Waals surface area contributed by atoms with Crippen molar-refractivity contribution in [2.75, 3.05) is 4.90 Å². The van der Waals surface area contributed by atoms with Crippen molar-refractivity contribution >= 4 is 40.4 Å². The molecule has 5 heteroatoms. The summed E-state index contributed by atoms with van der Waals surface area (Å²) in [5.74, 6) is 0.230. The van der Waals surface area contributed by atoms with Crippen molar-refractivity contribution in [2.24, 2.45) is 0 Å². The molecule has 3 rings (SSSR count). The van der Waals surface area contributed by atoms with Crippen LogP contribution in [-0.4, -0.2) is 11.5 Å². The van der Waals surface area contributed by atoms with Gasteiger partial charge in [0.1, 0.15) is 5.75 Å². The maximum atomic E-state index is 11.3. The Bertz CT molecular complexity index is 903. The first-order chi connectivity index (χ1) is 12.2. The molecule has 136 valence electrons. The quantitative estimate of drug-likeness (QED) is 0.467. The molecule has 1 heterocycles. The standard InChI is InChI=1S/C21H21Cl2NO2/c1-13-11-21(3,4)24(12-15-5-7-18(22)19(23)9-15)20-8-6-16(10-17(13)20)26-14(2)25/h5-11H,12H2,1-4H3. The zero-order chi connectivity index (χ0) is 19.1. The molecule has 0 N–H and O–H groups in total. The van der Waals surface area contributed by atoms with Gasteiger partial charge < -0.3 is 9.64 Å². The molecule has 0 saturated heterocycles. The van der Waals surface area contributed by atoms with Crippen LogP contribution in [0.4, 0.5) is 5.69 Å². The number of esters is 1. The Kier molecular flexibility index (Phi) is 5.05. The number of hydrogen-bond acceptors (Lipinski definition) is 3. The van der Waals surface area contributed by atoms with Crippen LogP contribution in [0.2, 0.25) is 10.0 Å². The summed E-state index contributed by atoms with van der Waals surface area (Å²) in [6.45, 7) is 8.53. The second-order valence-electron chi connectivity index (χ2n) is 7.09. The average Bonchev–Trinajstić information content (AvgIpc) is 2.54. The van der Waals surface area contributed by atoms with E-state index in [9.17, 15) is 4.79 Å². The van der Waals surface area contributed by atoms with E-state index in [0.717, 1.165) is 22.4 Å². The van der Waals surface area contributed by atoms with Crippen LogP contribution in [0.3, 0.4) is 0 Å². The molecule has 26 heavy (non-hydrogen) atoms. The summed E-state index contributed by atoms with van der Waals surface area (Å²) >= 11 is 12.2. The molecular weight excluding hydrogens is 369 g/mol. The first-order valence-corrected chi connectivity index (χ1v) is 9.17. The topological polar surface area (TPSA) is 29.5 Å². The number of rotatable bonds is 3. The second kappa shape index (κ2) is 6.98. The lowest BCUT2D eigenvalue weighted by Crippen LogP contribution is -2.44. The zero-order valence-corrected chi connectivity index (χ0v) is 16.8. The number of allylic oxidation sites excluding steroid dienone is 1. The number of benzene rings is 2. The van der Waals surface area contributed by atoms with Gasteiger partial charge in [-0.1, -0.05) is 35.3 Å². The van der Waals surface area contributed by atoms with Crippen LogP contribution in [0, 0.1) is 0 Å². The predicted molar refractivity (Wildman–Crippen MR) is 108 cm³/mol. The number of halogens is 2. The Morgan fingerprint density at radius 3 is 2.50 bits per heavy atom. The van der Waals surface area contributed by atoms with Crippen molar-refractivity contribution in [3.8, 4) is 5.75 Å². The summed E-state index contributed by atoms with van der Waals surface area (Å²) in [6, 6.07) is 11.5. The summed E-state index contributed by atoms with van der Waals surface area (Å²) < 4.78 is 5.25. The van der Waals surface area contributed by atoms with E-state index in [4.69, 9.17) is 27.9 Å². The minimum absolute atomic E-state index is 0.174. The van der Waals surface area contributed by atoms with Crippen molar-refractivity contribution in [3.05, 3.63) is 63.6 Å². The third kappa shape index (κ3) is 3.74. The molecule has 2 aromatic rings. The molecule has 3 nitrogen and oxygen atoms in total. The first kappa shape index (κ1) is 18.8. The van der Waals surface area contributed by atoms with Crippen LogP contribution in [0.15, 0.2) is 42.5 Å². The number of carbonyl (C=O) groups excluding carboxylic acids is 1. The van der Waals surface area contributed by atoms with Crippen molar-refractivity contribution in [2.45, 2.75) is 39.8 Å². The molecule has 0 aromatic heterocycles. The SMILES string of the molecule is CC(=O)Oc1ccc2c(c1)C(C)=CC(C)(C)N2Cc1ccc(Cl)c(Cl)c1. The Hall–Kier alpha value is -1.97. The highest BCUT2D eigenvalue weighted by molar-refractivity contribution is 6.42. The van der Waals surface area contributed by atoms with Crippen LogP contribution in [0.5, 0.6) is 5.75 Å². The Morgan fingerprint density at radius 1 is 1.12 bits per heavy atom. The van der Waals surface area contributed by atoms with Crippen molar-refractivity contribution in [1.29, 1.82) is 0 Å². The Morgan fingerprint density at radius 2 is 1.85 bits per heavy atom. The van der Waals surface area contributed by atoms with E-state index in [-0.39, 0.29) is 11.5 Å². The maximum absolute atomic E-state index is 11.3. The molecule has 2 aromatic carbocycles. The number of hydrogen-bond donors (Lipinski definition) is 0. The van der Waals surface area contributed by atoms with Gasteiger partial charge in [0.2, 0.25) is 0 Å². The summed E-state index contributed by atoms with van der Waals surface area (Å²) in [4.78, 5) is 13.6. The fourth-order valence-electron chi connectivity index (χ4n) is 3.40. The highest BCUT2D eigenvalue weighted by Crippen LogP contribution is 2.41. The van der Waals surface area contributed by atoms with Crippen molar-refractivity contribution in [3.63, 3.8) is 0 Å². The van der Waals surface area contributed by atoms with Crippen LogP contribution in [0.1, 0.15) is 38.8 Å². The van der Waals surface area contributed by atoms with Gasteiger partial charge >= 0.3 is 5.97 Å². The van der Waals surface area contributed by atoms with Crippen LogP contribution in [-0.2, 0) is 11.3 Å². The van der Waals surface area contributed by atoms with Gasteiger partial charge in [-0.25, -0.2) is 0 Å². The number of ether oxygens (including phenoxy) is 1. The molecule has 0 aliphatic carbocycles. The van der Waals surface area contributed by atoms with Gasteiger partial charge in [0.15, 0.2) is 0 Å². The monoisotopic (exact) mass is 389 g/mol. The molecule has 0 atom stereocenters. The third-order valence-electron chi connectivity index (χ3n) is 4.54. The van der Waals surface area contributed by atoms with Gasteiger partial charge in [-0.15, -0.1) is 0 Å². The summed E-state index contributed by atoms with van der Waals surface area (Å²) in [7, 11) is 0. The lowest BCUT2D eigenvalue weighted by Gasteiger charge is -2.43. The van der Waals surface area contributed by atoms with Gasteiger partial charge in [0.25, 0.3) is 0 Å². The summed E-state index contributed by atoms with van der Waals surface area (Å²) in [5, 5.41) is 1.10. The zero-order valence-electron chi connectivity index (χ0n) is 15.3. The van der Waals surface area contributed by atoms with Gasteiger partial charge in [-0.2, -0.15) is 0 Å². The van der Waals surface area contributed by atoms with Gasteiger partial charge in [0.05, 0.1) is 15.6 Å². The largest absolute Gasteiger partial charge is 0.427 e. The molecule has 0 unspecified atom stereocenters. The third-order valence-corrected chi connectivity index (χ3v) is 5.27. The van der Waals surface area contributed by atoms with Crippen molar-refractivity contribution in [1.82, 2.24) is 0 Å². The van der Waals surface area contributed by atoms with Gasteiger partial charge in [0, 0.05) is 24.7 Å². The van der Waals surface area contributed by atoms with E-state index in [1.807, 2.05) is 36.4 Å². The minimum Gasteiger partial charge on any atom is -0.427 e. The van der Waals surface area contributed by atoms with Gasteiger partial charge in [-0.3, -0.25) is 4.79 Å². The highest BCUT2D eigenvalue weighted by atomic mass is 35.5. The number of anilines is 1. The van der Waals surface area contributed by atoms with Crippen LogP contribution in [0.25, 0.3) is 5.57 Å². The molecule has 0 spiro atoms. The smallest absolute Gasteiger partial charge is 0.308 e. The number of carbonyl (C=O) groups is 1. The van der Waals surface area contributed by atoms with E-state index in [1.54, 1.807) is 0 Å². The van der Waals surface area contributed by atoms with Crippen molar-refractivity contribution < 1.29 is 9.53 Å². The lowest BCUT2D eigenvalue weighted by molar-refractivity contribution is -0.131. The lowest BCUT2D eigenvalue weighted by atomic mass is 9.88. The number of nitrogens with zero attached hydrogens (tertiary/aromatic N) is 1. The molecule has 0 fully saturated rings. The van der Waals surface area contributed by atoms with Crippen LogP contribution >= 0.6 is 23.2 Å². The molecule has 1 aliphatic rings. The van der Waals surface area contributed by atoms with E-state index in [2.05, 4.69) is 31.7 Å². The summed E-state index contributed by atoms with van der Waals surface area (Å²) in [6.07, 6.45) is 2.23. The fourth-order valence-corrected chi connectivity index (χ4v) is 3.72. The normalized spacial score (nSPS) is 15.3. The molecule has 0 bridgehead atoms. The predicted octanol–water partition coefficient (Wildman–Crippen LogP) is 6.12. The van der Waals surface area contributed by atoms with E-state index < -0.39 is 0 Å². The Labute approximate surface area is 164 Å². The Balaban J connectivity index is 2.02. The van der Waals surface area contributed by atoms with E-state index >= 15 is 0 Å². The molecular formula is C21H21Cl2NO2. The molecule has 1 aliphatic heterocycles. The second-order valence-corrected chi connectivity index (χ2v) is 7.90. The van der Waals surface area contributed by atoms with E-state index in [0.29, 0.717) is 22.3 Å². The molecule has 0 radical (unpaired) electrons. The maximum Gasteiger partial charge on any atom is 0.308 e. The highest BCUT2D eigenvalue weighted by Gasteiger charge is 2.31. The van der Waals surface area contributed by atoms with E-state index in [1.165, 1.54) is 6.92 Å². The minimum atomic E-state index is -0.324.